The van der Waals surface area contributed by atoms with Gasteiger partial charge in [0.1, 0.15) is 0 Å². The predicted molar refractivity (Wildman–Crippen MR) is 69.4 cm³/mol. The van der Waals surface area contributed by atoms with Crippen molar-refractivity contribution < 1.29 is 0 Å². The smallest absolute Gasteiger partial charge is 0.0195 e. The minimum absolute atomic E-state index is 0.540. The maximum Gasteiger partial charge on any atom is 0.0195 e. The zero-order chi connectivity index (χ0) is 10.9. The third-order valence-electron chi connectivity index (χ3n) is 2.14. The number of nitrogens with one attached hydrogen (secondary N) is 1. The van der Waals surface area contributed by atoms with Crippen molar-refractivity contribution >= 4 is 11.8 Å². The Kier molecular flexibility index (Phi) is 6.21. The van der Waals surface area contributed by atoms with Crippen molar-refractivity contribution in [3.8, 4) is 0 Å². The summed E-state index contributed by atoms with van der Waals surface area (Å²) in [6.45, 7) is 6.95. The Hall–Kier alpha value is -0.730. The first-order chi connectivity index (χ1) is 7.36. The van der Waals surface area contributed by atoms with Crippen LogP contribution in [0.2, 0.25) is 0 Å². The summed E-state index contributed by atoms with van der Waals surface area (Å²) in [5, 5.41) is 3.46. The highest BCUT2D eigenvalue weighted by atomic mass is 32.2. The first-order valence-electron chi connectivity index (χ1n) is 5.39. The molecule has 1 rings (SSSR count). The molecule has 0 amide bonds. The molecule has 0 saturated heterocycles. The van der Waals surface area contributed by atoms with Crippen LogP contribution in [0.3, 0.4) is 0 Å². The van der Waals surface area contributed by atoms with E-state index in [4.69, 9.17) is 0 Å². The Labute approximate surface area is 97.0 Å². The summed E-state index contributed by atoms with van der Waals surface area (Å²) < 4.78 is 0. The van der Waals surface area contributed by atoms with E-state index < -0.39 is 0 Å². The van der Waals surface area contributed by atoms with Gasteiger partial charge in [-0.2, -0.15) is 0 Å². The molecule has 1 nitrogen and oxygen atoms in total. The van der Waals surface area contributed by atoms with Gasteiger partial charge in [-0.3, -0.25) is 0 Å². The second-order valence-electron chi connectivity index (χ2n) is 3.40. The van der Waals surface area contributed by atoms with Gasteiger partial charge in [0.05, 0.1) is 0 Å². The van der Waals surface area contributed by atoms with Crippen LogP contribution in [0.4, 0.5) is 0 Å². The van der Waals surface area contributed by atoms with E-state index in [1.165, 1.54) is 4.90 Å². The lowest BCUT2D eigenvalue weighted by Crippen LogP contribution is -2.30. The average molecular weight is 221 g/mol. The summed E-state index contributed by atoms with van der Waals surface area (Å²) in [5.41, 5.74) is 0. The van der Waals surface area contributed by atoms with Crippen LogP contribution < -0.4 is 5.32 Å². The lowest BCUT2D eigenvalue weighted by Gasteiger charge is -2.15. The van der Waals surface area contributed by atoms with Crippen molar-refractivity contribution in [3.63, 3.8) is 0 Å². The van der Waals surface area contributed by atoms with E-state index in [1.54, 1.807) is 0 Å². The van der Waals surface area contributed by atoms with Gasteiger partial charge in [0, 0.05) is 16.7 Å². The van der Waals surface area contributed by atoms with Crippen LogP contribution in [0.15, 0.2) is 47.9 Å². The van der Waals surface area contributed by atoms with E-state index in [9.17, 15) is 0 Å². The molecule has 1 N–H and O–H groups in total. The van der Waals surface area contributed by atoms with E-state index in [2.05, 4.69) is 49.2 Å². The zero-order valence-corrected chi connectivity index (χ0v) is 10.1. The first-order valence-corrected chi connectivity index (χ1v) is 6.37. The summed E-state index contributed by atoms with van der Waals surface area (Å²) in [6.07, 6.45) is 3.02. The monoisotopic (exact) mass is 221 g/mol. The molecule has 1 aromatic carbocycles. The first kappa shape index (κ1) is 12.3. The van der Waals surface area contributed by atoms with Gasteiger partial charge in [0.15, 0.2) is 0 Å². The Morgan fingerprint density at radius 2 is 2.13 bits per heavy atom. The van der Waals surface area contributed by atoms with Gasteiger partial charge in [-0.05, 0) is 25.1 Å². The fraction of sp³-hybridized carbons (Fsp3) is 0.385. The molecule has 0 aliphatic rings. The van der Waals surface area contributed by atoms with Gasteiger partial charge in [-0.15, -0.1) is 18.3 Å². The van der Waals surface area contributed by atoms with Crippen LogP contribution in [-0.2, 0) is 0 Å². The third-order valence-corrected chi connectivity index (χ3v) is 3.31. The van der Waals surface area contributed by atoms with Crippen LogP contribution in [0, 0.1) is 0 Å². The van der Waals surface area contributed by atoms with Gasteiger partial charge < -0.3 is 5.32 Å². The minimum atomic E-state index is 0.540. The van der Waals surface area contributed by atoms with Crippen LogP contribution in [0.5, 0.6) is 0 Å². The van der Waals surface area contributed by atoms with Gasteiger partial charge in [0.2, 0.25) is 0 Å². The van der Waals surface area contributed by atoms with Gasteiger partial charge in [0.25, 0.3) is 0 Å². The zero-order valence-electron chi connectivity index (χ0n) is 9.28. The summed E-state index contributed by atoms with van der Waals surface area (Å²) in [6, 6.07) is 11.1. The fourth-order valence-electron chi connectivity index (χ4n) is 1.41. The minimum Gasteiger partial charge on any atom is -0.313 e. The SMILES string of the molecule is C=CCC(CSc1ccccc1)NCC. The van der Waals surface area contributed by atoms with Gasteiger partial charge in [-0.1, -0.05) is 31.2 Å². The lowest BCUT2D eigenvalue weighted by atomic mass is 10.2. The van der Waals surface area contributed by atoms with Crippen molar-refractivity contribution in [2.75, 3.05) is 12.3 Å². The average Bonchev–Trinajstić information content (AvgIpc) is 2.28. The molecule has 2 heteroatoms. The highest BCUT2D eigenvalue weighted by Gasteiger charge is 2.05. The van der Waals surface area contributed by atoms with Crippen molar-refractivity contribution in [1.82, 2.24) is 5.32 Å². The highest BCUT2D eigenvalue weighted by molar-refractivity contribution is 7.99. The number of hydrogen-bond acceptors (Lipinski definition) is 2. The van der Waals surface area contributed by atoms with E-state index in [-0.39, 0.29) is 0 Å². The molecular formula is C13H19NS. The quantitative estimate of drug-likeness (QED) is 0.560. The Bertz CT molecular complexity index is 271. The summed E-state index contributed by atoms with van der Waals surface area (Å²) >= 11 is 1.90. The van der Waals surface area contributed by atoms with Crippen LogP contribution in [-0.4, -0.2) is 18.3 Å². The molecule has 0 bridgehead atoms. The molecule has 0 fully saturated rings. The topological polar surface area (TPSA) is 12.0 Å². The van der Waals surface area contributed by atoms with Gasteiger partial charge >= 0.3 is 0 Å². The summed E-state index contributed by atoms with van der Waals surface area (Å²) in [5.74, 6) is 1.10. The van der Waals surface area contributed by atoms with E-state index in [0.717, 1.165) is 18.7 Å². The molecule has 82 valence electrons. The standard InChI is InChI=1S/C13H19NS/c1-3-8-12(14-4-2)11-15-13-9-6-5-7-10-13/h3,5-7,9-10,12,14H,1,4,8,11H2,2H3. The van der Waals surface area contributed by atoms with Crippen LogP contribution in [0.1, 0.15) is 13.3 Å². The van der Waals surface area contributed by atoms with E-state index >= 15 is 0 Å². The molecule has 0 heterocycles. The van der Waals surface area contributed by atoms with E-state index in [0.29, 0.717) is 6.04 Å². The maximum absolute atomic E-state index is 3.79. The molecule has 0 aliphatic carbocycles. The summed E-state index contributed by atoms with van der Waals surface area (Å²) in [7, 11) is 0. The molecule has 1 aromatic rings. The third kappa shape index (κ3) is 5.05. The molecule has 1 atom stereocenters. The van der Waals surface area contributed by atoms with Crippen LogP contribution in [0.25, 0.3) is 0 Å². The molecule has 0 radical (unpaired) electrons. The second-order valence-corrected chi connectivity index (χ2v) is 4.50. The fourth-order valence-corrected chi connectivity index (χ4v) is 2.41. The Balaban J connectivity index is 2.36. The molecular weight excluding hydrogens is 202 g/mol. The molecule has 0 aliphatic heterocycles. The molecule has 15 heavy (non-hydrogen) atoms. The normalized spacial score (nSPS) is 12.3. The molecule has 0 spiro atoms. The van der Waals surface area contributed by atoms with E-state index in [1.807, 2.05) is 17.8 Å². The predicted octanol–water partition coefficient (Wildman–Crippen LogP) is 3.33. The van der Waals surface area contributed by atoms with Gasteiger partial charge in [-0.25, -0.2) is 0 Å². The number of benzene rings is 1. The number of rotatable bonds is 7. The van der Waals surface area contributed by atoms with Crippen molar-refractivity contribution in [3.05, 3.63) is 43.0 Å². The number of thioether (sulfide) groups is 1. The molecule has 0 aromatic heterocycles. The highest BCUT2D eigenvalue weighted by Crippen LogP contribution is 2.18. The van der Waals surface area contributed by atoms with Crippen molar-refractivity contribution in [2.45, 2.75) is 24.3 Å². The Morgan fingerprint density at radius 1 is 1.40 bits per heavy atom. The van der Waals surface area contributed by atoms with Crippen molar-refractivity contribution in [1.29, 1.82) is 0 Å². The maximum atomic E-state index is 3.79. The lowest BCUT2D eigenvalue weighted by molar-refractivity contribution is 0.582. The molecule has 1 unspecified atom stereocenters. The molecule has 0 saturated carbocycles. The second kappa shape index (κ2) is 7.55. The van der Waals surface area contributed by atoms with Crippen molar-refractivity contribution in [2.24, 2.45) is 0 Å². The van der Waals surface area contributed by atoms with Crippen LogP contribution >= 0.6 is 11.8 Å². The number of hydrogen-bond donors (Lipinski definition) is 1. The largest absolute Gasteiger partial charge is 0.313 e. The summed E-state index contributed by atoms with van der Waals surface area (Å²) in [4.78, 5) is 1.34. The Morgan fingerprint density at radius 3 is 2.73 bits per heavy atom.